The second-order valence-electron chi connectivity index (χ2n) is 4.16. The van der Waals surface area contributed by atoms with Gasteiger partial charge in [0.1, 0.15) is 0 Å². The third kappa shape index (κ3) is 3.35. The van der Waals surface area contributed by atoms with Gasteiger partial charge in [-0.25, -0.2) is 0 Å². The van der Waals surface area contributed by atoms with Crippen molar-refractivity contribution in [2.45, 2.75) is 25.4 Å². The molecule has 2 rings (SSSR count). The quantitative estimate of drug-likeness (QED) is 0.927. The Morgan fingerprint density at radius 2 is 2.24 bits per heavy atom. The van der Waals surface area contributed by atoms with E-state index in [9.17, 15) is 4.79 Å². The Labute approximate surface area is 114 Å². The van der Waals surface area contributed by atoms with E-state index in [0.29, 0.717) is 28.2 Å². The summed E-state index contributed by atoms with van der Waals surface area (Å²) >= 11 is 13.2. The van der Waals surface area contributed by atoms with E-state index in [4.69, 9.17) is 28.3 Å². The maximum absolute atomic E-state index is 11.6. The number of carbonyl (C=O) groups excluding carboxylic acids is 1. The summed E-state index contributed by atoms with van der Waals surface area (Å²) in [6.07, 6.45) is 1.70. The fraction of sp³-hybridized carbons (Fsp3) is 0.545. The minimum atomic E-state index is -0.330. The zero-order valence-electron chi connectivity index (χ0n) is 9.16. The molecular weight excluding hydrogens is 281 g/mol. The number of likely N-dealkylation sites (tertiary alicyclic amines) is 1. The van der Waals surface area contributed by atoms with E-state index in [2.05, 4.69) is 0 Å². The summed E-state index contributed by atoms with van der Waals surface area (Å²) in [5, 5.41) is 9.09. The van der Waals surface area contributed by atoms with Crippen molar-refractivity contribution >= 4 is 40.4 Å². The van der Waals surface area contributed by atoms with Crippen LogP contribution in [0.15, 0.2) is 6.07 Å². The number of aliphatic hydroxyl groups is 1. The summed E-state index contributed by atoms with van der Waals surface area (Å²) in [6.45, 7) is 0.952. The number of carbonyl (C=O) groups is 1. The smallest absolute Gasteiger partial charge is 0.222 e. The van der Waals surface area contributed by atoms with Gasteiger partial charge in [-0.1, -0.05) is 23.2 Å². The monoisotopic (exact) mass is 293 g/mol. The normalized spacial score (nSPS) is 16.1. The first-order valence-corrected chi connectivity index (χ1v) is 7.03. The van der Waals surface area contributed by atoms with Gasteiger partial charge in [0, 0.05) is 19.5 Å². The standard InChI is InChI=1S/C11H13Cl2NO2S/c12-9-4-7(11(13)17-9)2-1-3-10(16)14-5-8(15)6-14/h4,8,15H,1-3,5-6H2. The van der Waals surface area contributed by atoms with Crippen LogP contribution in [0.4, 0.5) is 0 Å². The summed E-state index contributed by atoms with van der Waals surface area (Å²) in [5.41, 5.74) is 1.01. The number of aryl methyl sites for hydroxylation is 1. The van der Waals surface area contributed by atoms with Crippen LogP contribution in [0.5, 0.6) is 0 Å². The number of halogens is 2. The number of aliphatic hydroxyl groups excluding tert-OH is 1. The summed E-state index contributed by atoms with van der Waals surface area (Å²) in [5.74, 6) is 0.104. The van der Waals surface area contributed by atoms with Crippen molar-refractivity contribution in [2.24, 2.45) is 0 Å². The highest BCUT2D eigenvalue weighted by Crippen LogP contribution is 2.32. The van der Waals surface area contributed by atoms with E-state index in [-0.39, 0.29) is 12.0 Å². The van der Waals surface area contributed by atoms with Crippen molar-refractivity contribution in [3.05, 3.63) is 20.3 Å². The summed E-state index contributed by atoms with van der Waals surface area (Å²) in [7, 11) is 0. The molecule has 0 unspecified atom stereocenters. The number of hydrogen-bond acceptors (Lipinski definition) is 3. The Morgan fingerprint density at radius 3 is 2.76 bits per heavy atom. The Hall–Kier alpha value is -0.290. The lowest BCUT2D eigenvalue weighted by atomic mass is 10.1. The molecule has 0 aliphatic carbocycles. The molecule has 3 nitrogen and oxygen atoms in total. The highest BCUT2D eigenvalue weighted by Gasteiger charge is 2.27. The van der Waals surface area contributed by atoms with E-state index in [0.717, 1.165) is 18.4 Å². The number of hydrogen-bond donors (Lipinski definition) is 1. The number of thiophene rings is 1. The summed E-state index contributed by atoms with van der Waals surface area (Å²) in [6, 6.07) is 1.85. The Morgan fingerprint density at radius 1 is 1.53 bits per heavy atom. The van der Waals surface area contributed by atoms with E-state index >= 15 is 0 Å². The molecule has 0 atom stereocenters. The molecule has 1 aliphatic heterocycles. The van der Waals surface area contributed by atoms with Gasteiger partial charge in [-0.3, -0.25) is 4.79 Å². The molecule has 94 valence electrons. The topological polar surface area (TPSA) is 40.5 Å². The van der Waals surface area contributed by atoms with Gasteiger partial charge in [0.15, 0.2) is 0 Å². The minimum Gasteiger partial charge on any atom is -0.389 e. The molecule has 0 saturated carbocycles. The van der Waals surface area contributed by atoms with Crippen molar-refractivity contribution in [2.75, 3.05) is 13.1 Å². The van der Waals surface area contributed by atoms with Crippen LogP contribution in [0.1, 0.15) is 18.4 Å². The Kier molecular flexibility index (Phi) is 4.31. The summed E-state index contributed by atoms with van der Waals surface area (Å²) in [4.78, 5) is 13.3. The predicted octanol–water partition coefficient (Wildman–Crippen LogP) is 2.58. The molecule has 1 aromatic heterocycles. The molecule has 1 N–H and O–H groups in total. The van der Waals surface area contributed by atoms with E-state index < -0.39 is 0 Å². The van der Waals surface area contributed by atoms with Crippen molar-refractivity contribution in [1.82, 2.24) is 4.90 Å². The van der Waals surface area contributed by atoms with Crippen LogP contribution in [0.3, 0.4) is 0 Å². The minimum absolute atomic E-state index is 0.104. The third-order valence-electron chi connectivity index (χ3n) is 2.78. The van der Waals surface area contributed by atoms with Gasteiger partial charge in [0.2, 0.25) is 5.91 Å². The second-order valence-corrected chi connectivity index (χ2v) is 6.44. The fourth-order valence-electron chi connectivity index (χ4n) is 1.79. The lowest BCUT2D eigenvalue weighted by molar-refractivity contribution is -0.141. The molecule has 17 heavy (non-hydrogen) atoms. The van der Waals surface area contributed by atoms with Gasteiger partial charge >= 0.3 is 0 Å². The zero-order valence-corrected chi connectivity index (χ0v) is 11.5. The average Bonchev–Trinajstić information content (AvgIpc) is 2.53. The predicted molar refractivity (Wildman–Crippen MR) is 69.9 cm³/mol. The number of rotatable bonds is 4. The Bertz CT molecular complexity index is 416. The van der Waals surface area contributed by atoms with E-state index in [1.165, 1.54) is 11.3 Å². The number of nitrogens with zero attached hydrogens (tertiary/aromatic N) is 1. The lowest BCUT2D eigenvalue weighted by Crippen LogP contribution is -2.53. The molecule has 0 spiro atoms. The van der Waals surface area contributed by atoms with Gasteiger partial charge in [-0.05, 0) is 24.5 Å². The SMILES string of the molecule is O=C(CCCc1cc(Cl)sc1Cl)N1CC(O)C1. The van der Waals surface area contributed by atoms with Crippen LogP contribution < -0.4 is 0 Å². The number of amides is 1. The first-order valence-electron chi connectivity index (χ1n) is 5.46. The van der Waals surface area contributed by atoms with Gasteiger partial charge in [0.25, 0.3) is 0 Å². The molecule has 1 aliphatic rings. The maximum atomic E-state index is 11.6. The first-order chi connectivity index (χ1) is 8.06. The van der Waals surface area contributed by atoms with Crippen molar-refractivity contribution in [3.63, 3.8) is 0 Å². The Balaban J connectivity index is 1.72. The van der Waals surface area contributed by atoms with Gasteiger partial charge in [-0.15, -0.1) is 11.3 Å². The highest BCUT2D eigenvalue weighted by molar-refractivity contribution is 7.20. The molecule has 0 aromatic carbocycles. The molecule has 0 bridgehead atoms. The maximum Gasteiger partial charge on any atom is 0.222 e. The van der Waals surface area contributed by atoms with Gasteiger partial charge in [-0.2, -0.15) is 0 Å². The van der Waals surface area contributed by atoms with Crippen LogP contribution >= 0.6 is 34.5 Å². The molecule has 0 radical (unpaired) electrons. The van der Waals surface area contributed by atoms with Crippen LogP contribution in [0.25, 0.3) is 0 Å². The largest absolute Gasteiger partial charge is 0.389 e. The van der Waals surface area contributed by atoms with Crippen LogP contribution in [-0.2, 0) is 11.2 Å². The lowest BCUT2D eigenvalue weighted by Gasteiger charge is -2.35. The molecule has 1 fully saturated rings. The molecular formula is C11H13Cl2NO2S. The molecule has 6 heteroatoms. The van der Waals surface area contributed by atoms with Crippen LogP contribution in [-0.4, -0.2) is 35.1 Å². The molecule has 1 aromatic rings. The summed E-state index contributed by atoms with van der Waals surface area (Å²) < 4.78 is 1.39. The van der Waals surface area contributed by atoms with Gasteiger partial charge < -0.3 is 10.0 Å². The molecule has 1 saturated heterocycles. The van der Waals surface area contributed by atoms with Gasteiger partial charge in [0.05, 0.1) is 14.8 Å². The average molecular weight is 294 g/mol. The van der Waals surface area contributed by atoms with Crippen molar-refractivity contribution in [3.8, 4) is 0 Å². The van der Waals surface area contributed by atoms with E-state index in [1.54, 1.807) is 4.90 Å². The van der Waals surface area contributed by atoms with Crippen molar-refractivity contribution in [1.29, 1.82) is 0 Å². The third-order valence-corrected chi connectivity index (χ3v) is 4.35. The van der Waals surface area contributed by atoms with Crippen LogP contribution in [0.2, 0.25) is 8.67 Å². The second kappa shape index (κ2) is 5.57. The van der Waals surface area contributed by atoms with Crippen molar-refractivity contribution < 1.29 is 9.90 Å². The number of β-amino-alcohol motifs (C(OH)–C–C–N with tert-alkyl or cyclic N) is 1. The fourth-order valence-corrected chi connectivity index (χ4v) is 3.34. The van der Waals surface area contributed by atoms with Crippen LogP contribution in [0, 0.1) is 0 Å². The molecule has 2 heterocycles. The van der Waals surface area contributed by atoms with E-state index in [1.807, 2.05) is 6.07 Å². The first kappa shape index (κ1) is 13.1. The molecule has 1 amide bonds. The zero-order chi connectivity index (χ0) is 12.4. The highest BCUT2D eigenvalue weighted by atomic mass is 35.5.